The molecule has 0 aliphatic carbocycles. The van der Waals surface area contributed by atoms with Crippen molar-refractivity contribution in [3.8, 4) is 16.9 Å². The third kappa shape index (κ3) is 2.01. The first-order valence-corrected chi connectivity index (χ1v) is 6.90. The van der Waals surface area contributed by atoms with E-state index in [4.69, 9.17) is 5.73 Å². The van der Waals surface area contributed by atoms with Gasteiger partial charge in [-0.3, -0.25) is 0 Å². The number of nitrogen functional groups attached to an aromatic ring is 1. The topological polar surface area (TPSA) is 74.5 Å². The number of rotatable bonds is 2. The van der Waals surface area contributed by atoms with Gasteiger partial charge in [-0.15, -0.1) is 5.10 Å². The summed E-state index contributed by atoms with van der Waals surface area (Å²) < 4.78 is 3.72. The van der Waals surface area contributed by atoms with Crippen LogP contribution in [0.5, 0.6) is 0 Å². The summed E-state index contributed by atoms with van der Waals surface area (Å²) >= 11 is 0. The Morgan fingerprint density at radius 3 is 2.68 bits per heavy atom. The Bertz CT molecular complexity index is 948. The maximum absolute atomic E-state index is 5.70. The lowest BCUT2D eigenvalue weighted by Crippen LogP contribution is -1.95. The highest BCUT2D eigenvalue weighted by Gasteiger charge is 2.08. The predicted molar refractivity (Wildman–Crippen MR) is 85.5 cm³/mol. The van der Waals surface area contributed by atoms with E-state index in [1.54, 1.807) is 11.0 Å². The van der Waals surface area contributed by atoms with Crippen LogP contribution in [0, 0.1) is 0 Å². The van der Waals surface area contributed by atoms with E-state index in [0.29, 0.717) is 0 Å². The van der Waals surface area contributed by atoms with Gasteiger partial charge in [0.15, 0.2) is 0 Å². The number of nitrogens with zero attached hydrogens (tertiary/aromatic N) is 5. The van der Waals surface area contributed by atoms with Gasteiger partial charge < -0.3 is 10.3 Å². The zero-order chi connectivity index (χ0) is 15.1. The van der Waals surface area contributed by atoms with Gasteiger partial charge in [-0.2, -0.15) is 0 Å². The van der Waals surface area contributed by atoms with Crippen LogP contribution in [0.15, 0.2) is 55.0 Å². The van der Waals surface area contributed by atoms with Gasteiger partial charge >= 0.3 is 0 Å². The van der Waals surface area contributed by atoms with E-state index >= 15 is 0 Å². The van der Waals surface area contributed by atoms with Gasteiger partial charge in [0.1, 0.15) is 5.69 Å². The number of fused-ring (bicyclic) bond motifs is 1. The van der Waals surface area contributed by atoms with Gasteiger partial charge in [0.2, 0.25) is 0 Å². The molecule has 0 atom stereocenters. The van der Waals surface area contributed by atoms with Crippen LogP contribution >= 0.6 is 0 Å². The van der Waals surface area contributed by atoms with Crippen LogP contribution in [0.1, 0.15) is 0 Å². The molecule has 0 saturated carbocycles. The second-order valence-corrected chi connectivity index (χ2v) is 5.20. The molecule has 0 fully saturated rings. The standard InChI is InChI=1S/C16H14N6/c1-21-10-18-14-8-11(2-7-16(14)21)15-9-22(20-19-15)13-5-3-12(17)4-6-13/h2-10H,17H2,1H3. The minimum Gasteiger partial charge on any atom is -0.399 e. The number of hydrogen-bond acceptors (Lipinski definition) is 4. The summed E-state index contributed by atoms with van der Waals surface area (Å²) in [4.78, 5) is 4.37. The Hall–Kier alpha value is -3.15. The largest absolute Gasteiger partial charge is 0.399 e. The molecule has 22 heavy (non-hydrogen) atoms. The average Bonchev–Trinajstić information content (AvgIpc) is 3.15. The molecule has 0 radical (unpaired) electrons. The third-order valence-corrected chi connectivity index (χ3v) is 3.67. The minimum absolute atomic E-state index is 0.727. The first kappa shape index (κ1) is 12.6. The van der Waals surface area contributed by atoms with Gasteiger partial charge in [-0.1, -0.05) is 11.3 Å². The van der Waals surface area contributed by atoms with Crippen LogP contribution in [0.2, 0.25) is 0 Å². The van der Waals surface area contributed by atoms with Crippen molar-refractivity contribution in [3.63, 3.8) is 0 Å². The molecule has 0 bridgehead atoms. The molecule has 2 aromatic heterocycles. The summed E-state index contributed by atoms with van der Waals surface area (Å²) in [7, 11) is 1.98. The molecule has 2 heterocycles. The lowest BCUT2D eigenvalue weighted by atomic mass is 10.1. The van der Waals surface area contributed by atoms with Crippen molar-refractivity contribution in [2.75, 3.05) is 5.73 Å². The number of anilines is 1. The number of aryl methyl sites for hydroxylation is 1. The smallest absolute Gasteiger partial charge is 0.113 e. The Kier molecular flexibility index (Phi) is 2.69. The van der Waals surface area contributed by atoms with Crippen LogP contribution < -0.4 is 5.73 Å². The van der Waals surface area contributed by atoms with Gasteiger partial charge in [0.05, 0.1) is 29.2 Å². The quantitative estimate of drug-likeness (QED) is 0.575. The number of benzene rings is 2. The van der Waals surface area contributed by atoms with Crippen LogP contribution in [0.4, 0.5) is 5.69 Å². The fourth-order valence-corrected chi connectivity index (χ4v) is 2.44. The number of hydrogen-bond donors (Lipinski definition) is 1. The maximum atomic E-state index is 5.70. The summed E-state index contributed by atoms with van der Waals surface area (Å²) in [5.41, 5.74) is 11.2. The molecule has 4 aromatic rings. The van der Waals surface area contributed by atoms with Crippen molar-refractivity contribution in [2.45, 2.75) is 0 Å². The lowest BCUT2D eigenvalue weighted by molar-refractivity contribution is 0.804. The maximum Gasteiger partial charge on any atom is 0.113 e. The highest BCUT2D eigenvalue weighted by Crippen LogP contribution is 2.22. The van der Waals surface area contributed by atoms with Crippen molar-refractivity contribution in [2.24, 2.45) is 7.05 Å². The van der Waals surface area contributed by atoms with Gasteiger partial charge in [0.25, 0.3) is 0 Å². The Morgan fingerprint density at radius 2 is 1.86 bits per heavy atom. The zero-order valence-corrected chi connectivity index (χ0v) is 12.0. The second-order valence-electron chi connectivity index (χ2n) is 5.20. The molecule has 0 unspecified atom stereocenters. The van der Waals surface area contributed by atoms with Crippen LogP contribution in [0.25, 0.3) is 28.0 Å². The monoisotopic (exact) mass is 290 g/mol. The summed E-state index contributed by atoms with van der Waals surface area (Å²) in [5.74, 6) is 0. The summed E-state index contributed by atoms with van der Waals surface area (Å²) in [5, 5.41) is 8.42. The summed E-state index contributed by atoms with van der Waals surface area (Å²) in [6.45, 7) is 0. The first-order chi connectivity index (χ1) is 10.7. The van der Waals surface area contributed by atoms with Gasteiger partial charge in [-0.25, -0.2) is 9.67 Å². The number of nitrogens with two attached hydrogens (primary N) is 1. The van der Waals surface area contributed by atoms with E-state index in [1.165, 1.54) is 0 Å². The van der Waals surface area contributed by atoms with E-state index in [9.17, 15) is 0 Å². The van der Waals surface area contributed by atoms with E-state index in [0.717, 1.165) is 33.7 Å². The molecule has 0 aliphatic heterocycles. The molecule has 0 spiro atoms. The molecule has 6 heteroatoms. The molecule has 6 nitrogen and oxygen atoms in total. The molecular weight excluding hydrogens is 276 g/mol. The van der Waals surface area contributed by atoms with Crippen molar-refractivity contribution < 1.29 is 0 Å². The fourth-order valence-electron chi connectivity index (χ4n) is 2.44. The molecular formula is C16H14N6. The lowest BCUT2D eigenvalue weighted by Gasteiger charge is -2.00. The fraction of sp³-hybridized carbons (Fsp3) is 0.0625. The Morgan fingerprint density at radius 1 is 1.05 bits per heavy atom. The second kappa shape index (κ2) is 4.70. The minimum atomic E-state index is 0.727. The molecule has 108 valence electrons. The van der Waals surface area contributed by atoms with Gasteiger partial charge in [-0.05, 0) is 36.4 Å². The van der Waals surface area contributed by atoms with E-state index < -0.39 is 0 Å². The van der Waals surface area contributed by atoms with E-state index in [-0.39, 0.29) is 0 Å². The number of imidazole rings is 1. The Balaban J connectivity index is 1.74. The van der Waals surface area contributed by atoms with Crippen LogP contribution in [0.3, 0.4) is 0 Å². The van der Waals surface area contributed by atoms with Crippen molar-refractivity contribution in [1.82, 2.24) is 24.5 Å². The van der Waals surface area contributed by atoms with Crippen molar-refractivity contribution >= 4 is 16.7 Å². The van der Waals surface area contributed by atoms with Gasteiger partial charge in [0, 0.05) is 18.3 Å². The van der Waals surface area contributed by atoms with Crippen LogP contribution in [-0.4, -0.2) is 24.5 Å². The van der Waals surface area contributed by atoms with E-state index in [2.05, 4.69) is 15.3 Å². The van der Waals surface area contributed by atoms with Crippen molar-refractivity contribution in [3.05, 3.63) is 55.0 Å². The third-order valence-electron chi connectivity index (χ3n) is 3.67. The molecule has 0 amide bonds. The SMILES string of the molecule is Cn1cnc2cc(-c3cn(-c4ccc(N)cc4)nn3)ccc21. The Labute approximate surface area is 126 Å². The van der Waals surface area contributed by atoms with Crippen molar-refractivity contribution in [1.29, 1.82) is 0 Å². The molecule has 0 aliphatic rings. The molecule has 0 saturated heterocycles. The first-order valence-electron chi connectivity index (χ1n) is 6.90. The summed E-state index contributed by atoms with van der Waals surface area (Å²) in [6.07, 6.45) is 3.70. The zero-order valence-electron chi connectivity index (χ0n) is 12.0. The summed E-state index contributed by atoms with van der Waals surface area (Å²) in [6, 6.07) is 13.6. The molecule has 2 N–H and O–H groups in total. The van der Waals surface area contributed by atoms with E-state index in [1.807, 2.05) is 60.3 Å². The predicted octanol–water partition coefficient (Wildman–Crippen LogP) is 2.40. The normalized spacial score (nSPS) is 11.1. The molecule has 4 rings (SSSR count). The number of aromatic nitrogens is 5. The van der Waals surface area contributed by atoms with Crippen LogP contribution in [-0.2, 0) is 7.05 Å². The highest BCUT2D eigenvalue weighted by molar-refractivity contribution is 5.81. The molecule has 2 aromatic carbocycles. The highest BCUT2D eigenvalue weighted by atomic mass is 15.4. The average molecular weight is 290 g/mol.